The molecular formula is C12H17ClN2O. The summed E-state index contributed by atoms with van der Waals surface area (Å²) in [4.78, 5) is 2.31. The van der Waals surface area contributed by atoms with Gasteiger partial charge >= 0.3 is 0 Å². The van der Waals surface area contributed by atoms with Crippen molar-refractivity contribution in [1.29, 1.82) is 0 Å². The molecule has 3 nitrogen and oxygen atoms in total. The molecule has 0 radical (unpaired) electrons. The van der Waals surface area contributed by atoms with Crippen LogP contribution < -0.4 is 15.0 Å². The summed E-state index contributed by atoms with van der Waals surface area (Å²) in [6, 6.07) is 5.80. The fourth-order valence-corrected chi connectivity index (χ4v) is 2.09. The number of piperazine rings is 1. The second kappa shape index (κ2) is 5.41. The summed E-state index contributed by atoms with van der Waals surface area (Å²) in [5.74, 6) is 0.925. The molecule has 0 aromatic heterocycles. The minimum Gasteiger partial charge on any atom is -0.492 e. The van der Waals surface area contributed by atoms with Crippen molar-refractivity contribution in [2.75, 3.05) is 37.7 Å². The van der Waals surface area contributed by atoms with Crippen LogP contribution in [0.25, 0.3) is 0 Å². The second-order valence-electron chi connectivity index (χ2n) is 3.78. The predicted molar refractivity (Wildman–Crippen MR) is 67.7 cm³/mol. The SMILES string of the molecule is CCOc1ccc(Cl)cc1N1CCNCC1. The number of halogens is 1. The molecule has 4 heteroatoms. The smallest absolute Gasteiger partial charge is 0.142 e. The van der Waals surface area contributed by atoms with Crippen LogP contribution in [0.3, 0.4) is 0 Å². The highest BCUT2D eigenvalue weighted by atomic mass is 35.5. The van der Waals surface area contributed by atoms with Crippen LogP contribution >= 0.6 is 11.6 Å². The van der Waals surface area contributed by atoms with Crippen LogP contribution in [0.15, 0.2) is 18.2 Å². The van der Waals surface area contributed by atoms with Crippen molar-refractivity contribution in [2.45, 2.75) is 6.92 Å². The lowest BCUT2D eigenvalue weighted by atomic mass is 10.2. The molecule has 88 valence electrons. The van der Waals surface area contributed by atoms with Gasteiger partial charge in [-0.05, 0) is 25.1 Å². The lowest BCUT2D eigenvalue weighted by Gasteiger charge is -2.30. The van der Waals surface area contributed by atoms with E-state index < -0.39 is 0 Å². The zero-order valence-electron chi connectivity index (χ0n) is 9.50. The maximum atomic E-state index is 6.04. The molecular weight excluding hydrogens is 224 g/mol. The summed E-state index contributed by atoms with van der Waals surface area (Å²) >= 11 is 6.04. The topological polar surface area (TPSA) is 24.5 Å². The molecule has 1 saturated heterocycles. The third kappa shape index (κ3) is 2.60. The first-order chi connectivity index (χ1) is 7.81. The van der Waals surface area contributed by atoms with E-state index in [1.165, 1.54) is 0 Å². The van der Waals surface area contributed by atoms with Crippen LogP contribution in [0.5, 0.6) is 5.75 Å². The molecule has 1 fully saturated rings. The van der Waals surface area contributed by atoms with Crippen LogP contribution in [-0.2, 0) is 0 Å². The Balaban J connectivity index is 2.24. The molecule has 0 amide bonds. The number of rotatable bonds is 3. The molecule has 0 bridgehead atoms. The highest BCUT2D eigenvalue weighted by Crippen LogP contribution is 2.31. The Hall–Kier alpha value is -0.930. The van der Waals surface area contributed by atoms with E-state index in [2.05, 4.69) is 10.2 Å². The quantitative estimate of drug-likeness (QED) is 0.876. The summed E-state index contributed by atoms with van der Waals surface area (Å²) in [6.07, 6.45) is 0. The van der Waals surface area contributed by atoms with Crippen molar-refractivity contribution in [2.24, 2.45) is 0 Å². The van der Waals surface area contributed by atoms with Gasteiger partial charge in [-0.1, -0.05) is 11.6 Å². The number of hydrogen-bond acceptors (Lipinski definition) is 3. The fourth-order valence-electron chi connectivity index (χ4n) is 1.92. The molecule has 1 aromatic carbocycles. The summed E-state index contributed by atoms with van der Waals surface area (Å²) in [6.45, 7) is 6.70. The lowest BCUT2D eigenvalue weighted by molar-refractivity contribution is 0.340. The third-order valence-electron chi connectivity index (χ3n) is 2.68. The van der Waals surface area contributed by atoms with Gasteiger partial charge in [-0.3, -0.25) is 0 Å². The third-order valence-corrected chi connectivity index (χ3v) is 2.91. The van der Waals surface area contributed by atoms with E-state index in [1.54, 1.807) is 0 Å². The van der Waals surface area contributed by atoms with Crippen LogP contribution in [-0.4, -0.2) is 32.8 Å². The number of nitrogens with one attached hydrogen (secondary N) is 1. The van der Waals surface area contributed by atoms with Crippen molar-refractivity contribution in [3.63, 3.8) is 0 Å². The van der Waals surface area contributed by atoms with E-state index >= 15 is 0 Å². The fraction of sp³-hybridized carbons (Fsp3) is 0.500. The molecule has 0 atom stereocenters. The van der Waals surface area contributed by atoms with Gasteiger partial charge in [0.25, 0.3) is 0 Å². The van der Waals surface area contributed by atoms with Gasteiger partial charge in [-0.25, -0.2) is 0 Å². The number of nitrogens with zero attached hydrogens (tertiary/aromatic N) is 1. The van der Waals surface area contributed by atoms with Crippen molar-refractivity contribution >= 4 is 17.3 Å². The van der Waals surface area contributed by atoms with Gasteiger partial charge in [0.15, 0.2) is 0 Å². The Morgan fingerprint density at radius 3 is 2.81 bits per heavy atom. The van der Waals surface area contributed by atoms with Gasteiger partial charge < -0.3 is 15.0 Å². The Bertz CT molecular complexity index is 351. The van der Waals surface area contributed by atoms with Gasteiger partial charge in [0.2, 0.25) is 0 Å². The molecule has 1 N–H and O–H groups in total. The van der Waals surface area contributed by atoms with Crippen LogP contribution in [0.1, 0.15) is 6.92 Å². The zero-order valence-corrected chi connectivity index (χ0v) is 10.3. The van der Waals surface area contributed by atoms with E-state index in [0.29, 0.717) is 6.61 Å². The van der Waals surface area contributed by atoms with E-state index in [0.717, 1.165) is 42.6 Å². The Morgan fingerprint density at radius 1 is 1.38 bits per heavy atom. The molecule has 0 unspecified atom stereocenters. The molecule has 0 aliphatic carbocycles. The van der Waals surface area contributed by atoms with Crippen molar-refractivity contribution in [3.05, 3.63) is 23.2 Å². The monoisotopic (exact) mass is 240 g/mol. The van der Waals surface area contributed by atoms with E-state index in [-0.39, 0.29) is 0 Å². The van der Waals surface area contributed by atoms with Crippen LogP contribution in [0, 0.1) is 0 Å². The number of hydrogen-bond donors (Lipinski definition) is 1. The molecule has 1 aromatic rings. The first-order valence-electron chi connectivity index (χ1n) is 5.69. The normalized spacial score (nSPS) is 16.2. The standard InChI is InChI=1S/C12H17ClN2O/c1-2-16-12-4-3-10(13)9-11(12)15-7-5-14-6-8-15/h3-4,9,14H,2,5-8H2,1H3. The van der Waals surface area contributed by atoms with E-state index in [1.807, 2.05) is 25.1 Å². The first-order valence-corrected chi connectivity index (χ1v) is 6.07. The lowest BCUT2D eigenvalue weighted by Crippen LogP contribution is -2.43. The van der Waals surface area contributed by atoms with Crippen molar-refractivity contribution in [1.82, 2.24) is 5.32 Å². The minimum atomic E-state index is 0.681. The summed E-state index contributed by atoms with van der Waals surface area (Å²) in [5.41, 5.74) is 1.11. The Kier molecular flexibility index (Phi) is 3.91. The van der Waals surface area contributed by atoms with Gasteiger partial charge in [0, 0.05) is 31.2 Å². The predicted octanol–water partition coefficient (Wildman–Crippen LogP) is 2.15. The second-order valence-corrected chi connectivity index (χ2v) is 4.22. The Morgan fingerprint density at radius 2 is 2.12 bits per heavy atom. The minimum absolute atomic E-state index is 0.681. The number of benzene rings is 1. The Labute approximate surface area is 101 Å². The van der Waals surface area contributed by atoms with E-state index in [9.17, 15) is 0 Å². The van der Waals surface area contributed by atoms with Gasteiger partial charge in [-0.2, -0.15) is 0 Å². The molecule has 0 spiro atoms. The van der Waals surface area contributed by atoms with Gasteiger partial charge in [0.05, 0.1) is 12.3 Å². The van der Waals surface area contributed by atoms with Crippen LogP contribution in [0.4, 0.5) is 5.69 Å². The van der Waals surface area contributed by atoms with Gasteiger partial charge in [-0.15, -0.1) is 0 Å². The van der Waals surface area contributed by atoms with Crippen molar-refractivity contribution in [3.8, 4) is 5.75 Å². The molecule has 1 aliphatic heterocycles. The van der Waals surface area contributed by atoms with Gasteiger partial charge in [0.1, 0.15) is 5.75 Å². The summed E-state index contributed by atoms with van der Waals surface area (Å²) in [7, 11) is 0. The summed E-state index contributed by atoms with van der Waals surface area (Å²) < 4.78 is 5.62. The maximum Gasteiger partial charge on any atom is 0.142 e. The molecule has 0 saturated carbocycles. The van der Waals surface area contributed by atoms with Crippen LogP contribution in [0.2, 0.25) is 5.02 Å². The average Bonchev–Trinajstić information content (AvgIpc) is 2.33. The van der Waals surface area contributed by atoms with E-state index in [4.69, 9.17) is 16.3 Å². The zero-order chi connectivity index (χ0) is 11.4. The highest BCUT2D eigenvalue weighted by molar-refractivity contribution is 6.30. The molecule has 1 aliphatic rings. The molecule has 2 rings (SSSR count). The molecule has 16 heavy (non-hydrogen) atoms. The summed E-state index contributed by atoms with van der Waals surface area (Å²) in [5, 5.41) is 4.10. The van der Waals surface area contributed by atoms with Crippen molar-refractivity contribution < 1.29 is 4.74 Å². The highest BCUT2D eigenvalue weighted by Gasteiger charge is 2.15. The largest absolute Gasteiger partial charge is 0.492 e. The maximum absolute atomic E-state index is 6.04. The first kappa shape index (κ1) is 11.6. The number of anilines is 1. The molecule has 1 heterocycles. The average molecular weight is 241 g/mol. The number of ether oxygens (including phenoxy) is 1.